The minimum absolute atomic E-state index is 0.146. The molecule has 0 amide bonds. The average molecular weight is 284 g/mol. The van der Waals surface area contributed by atoms with Crippen LogP contribution in [-0.2, 0) is 16.6 Å². The molecule has 1 unspecified atom stereocenters. The molecule has 1 atom stereocenters. The topological polar surface area (TPSA) is 43.1 Å². The van der Waals surface area contributed by atoms with Crippen molar-refractivity contribution in [2.75, 3.05) is 5.73 Å². The number of nitrogens with two attached hydrogens (primary N) is 1. The molecule has 0 fully saturated rings. The van der Waals surface area contributed by atoms with E-state index >= 15 is 0 Å². The molecule has 18 heavy (non-hydrogen) atoms. The normalized spacial score (nSPS) is 12.3. The highest BCUT2D eigenvalue weighted by Crippen LogP contribution is 2.23. The van der Waals surface area contributed by atoms with E-state index in [2.05, 4.69) is 0 Å². The van der Waals surface area contributed by atoms with E-state index in [1.54, 1.807) is 24.3 Å². The second-order valence-corrected chi connectivity index (χ2v) is 5.59. The molecule has 0 radical (unpaired) electrons. The molecule has 0 saturated heterocycles. The van der Waals surface area contributed by atoms with Gasteiger partial charge in [0.1, 0.15) is 5.82 Å². The van der Waals surface area contributed by atoms with Crippen molar-refractivity contribution in [3.63, 3.8) is 0 Å². The Morgan fingerprint density at radius 2 is 1.94 bits per heavy atom. The largest absolute Gasteiger partial charge is 0.398 e. The number of halogens is 2. The van der Waals surface area contributed by atoms with Crippen LogP contribution in [0.15, 0.2) is 47.4 Å². The lowest BCUT2D eigenvalue weighted by Gasteiger charge is -2.07. The van der Waals surface area contributed by atoms with Crippen LogP contribution >= 0.6 is 11.6 Å². The van der Waals surface area contributed by atoms with Crippen molar-refractivity contribution in [1.82, 2.24) is 0 Å². The molecule has 0 aliphatic heterocycles. The zero-order chi connectivity index (χ0) is 13.1. The van der Waals surface area contributed by atoms with E-state index in [-0.39, 0.29) is 5.75 Å². The molecule has 2 aromatic carbocycles. The van der Waals surface area contributed by atoms with Crippen molar-refractivity contribution in [2.45, 2.75) is 10.6 Å². The first-order chi connectivity index (χ1) is 8.58. The van der Waals surface area contributed by atoms with Gasteiger partial charge in [0.25, 0.3) is 0 Å². The highest BCUT2D eigenvalue weighted by Gasteiger charge is 2.11. The summed E-state index contributed by atoms with van der Waals surface area (Å²) in [6.45, 7) is 0. The van der Waals surface area contributed by atoms with Gasteiger partial charge in [-0.25, -0.2) is 4.39 Å². The summed E-state index contributed by atoms with van der Waals surface area (Å²) in [4.78, 5) is 0.530. The fourth-order valence-corrected chi connectivity index (χ4v) is 3.15. The van der Waals surface area contributed by atoms with Gasteiger partial charge in [-0.3, -0.25) is 4.21 Å². The molecule has 2 nitrogen and oxygen atoms in total. The lowest BCUT2D eigenvalue weighted by Crippen LogP contribution is -2.01. The summed E-state index contributed by atoms with van der Waals surface area (Å²) in [6.07, 6.45) is 0. The molecule has 0 bridgehead atoms. The Morgan fingerprint density at radius 3 is 2.67 bits per heavy atom. The summed E-state index contributed by atoms with van der Waals surface area (Å²) in [5.41, 5.74) is 6.67. The van der Waals surface area contributed by atoms with E-state index < -0.39 is 16.6 Å². The van der Waals surface area contributed by atoms with Crippen LogP contribution in [0.25, 0.3) is 0 Å². The second kappa shape index (κ2) is 5.50. The molecule has 0 spiro atoms. The summed E-state index contributed by atoms with van der Waals surface area (Å²) in [5, 5.41) is 0.436. The van der Waals surface area contributed by atoms with Gasteiger partial charge in [0.05, 0.1) is 26.5 Å². The van der Waals surface area contributed by atoms with Gasteiger partial charge in [0.2, 0.25) is 0 Å². The molecular formula is C13H11ClFNOS. The number of nitrogen functional groups attached to an aromatic ring is 1. The van der Waals surface area contributed by atoms with Crippen LogP contribution in [0.2, 0.25) is 5.02 Å². The predicted octanol–water partition coefficient (Wildman–Crippen LogP) is 3.37. The lowest BCUT2D eigenvalue weighted by atomic mass is 10.2. The molecule has 0 aliphatic carbocycles. The highest BCUT2D eigenvalue weighted by atomic mass is 35.5. The summed E-state index contributed by atoms with van der Waals surface area (Å²) in [5.74, 6) is -0.247. The third-order valence-electron chi connectivity index (χ3n) is 2.47. The standard InChI is InChI=1S/C13H11ClFNOS/c14-11-3-1-2-4-13(11)18(17)8-9-7-10(15)5-6-12(9)16/h1-7H,8,16H2. The molecule has 0 aromatic heterocycles. The molecule has 0 heterocycles. The summed E-state index contributed by atoms with van der Waals surface area (Å²) >= 11 is 5.96. The summed E-state index contributed by atoms with van der Waals surface area (Å²) in [6, 6.07) is 10.9. The maximum absolute atomic E-state index is 13.1. The molecule has 0 aliphatic rings. The van der Waals surface area contributed by atoms with Crippen LogP contribution in [0.4, 0.5) is 10.1 Å². The van der Waals surface area contributed by atoms with E-state index in [4.69, 9.17) is 17.3 Å². The molecule has 94 valence electrons. The van der Waals surface area contributed by atoms with Gasteiger partial charge in [0.15, 0.2) is 0 Å². The van der Waals surface area contributed by atoms with Gasteiger partial charge in [-0.05, 0) is 35.9 Å². The monoisotopic (exact) mass is 283 g/mol. The Balaban J connectivity index is 2.27. The van der Waals surface area contributed by atoms with E-state index in [0.717, 1.165) is 0 Å². The van der Waals surface area contributed by atoms with Crippen molar-refractivity contribution in [3.8, 4) is 0 Å². The minimum atomic E-state index is -1.34. The van der Waals surface area contributed by atoms with Crippen LogP contribution in [0.1, 0.15) is 5.56 Å². The molecule has 0 saturated carbocycles. The van der Waals surface area contributed by atoms with Crippen molar-refractivity contribution >= 4 is 28.1 Å². The van der Waals surface area contributed by atoms with Gasteiger partial charge in [-0.15, -0.1) is 0 Å². The van der Waals surface area contributed by atoms with E-state index in [0.29, 0.717) is 21.2 Å². The van der Waals surface area contributed by atoms with Crippen LogP contribution in [0.5, 0.6) is 0 Å². The molecule has 2 N–H and O–H groups in total. The molecular weight excluding hydrogens is 273 g/mol. The second-order valence-electron chi connectivity index (χ2n) is 3.76. The van der Waals surface area contributed by atoms with Crippen molar-refractivity contribution < 1.29 is 8.60 Å². The zero-order valence-corrected chi connectivity index (χ0v) is 11.0. The van der Waals surface area contributed by atoms with E-state index in [1.165, 1.54) is 18.2 Å². The average Bonchev–Trinajstić information content (AvgIpc) is 2.34. The summed E-state index contributed by atoms with van der Waals surface area (Å²) in [7, 11) is -1.34. The SMILES string of the molecule is Nc1ccc(F)cc1CS(=O)c1ccccc1Cl. The first-order valence-corrected chi connectivity index (χ1v) is 6.94. The van der Waals surface area contributed by atoms with Gasteiger partial charge in [0, 0.05) is 5.69 Å². The van der Waals surface area contributed by atoms with Gasteiger partial charge >= 0.3 is 0 Å². The zero-order valence-electron chi connectivity index (χ0n) is 9.40. The predicted molar refractivity (Wildman–Crippen MR) is 72.4 cm³/mol. The van der Waals surface area contributed by atoms with E-state index in [9.17, 15) is 8.60 Å². The Bertz CT molecular complexity index is 603. The summed E-state index contributed by atoms with van der Waals surface area (Å²) < 4.78 is 25.2. The van der Waals surface area contributed by atoms with E-state index in [1.807, 2.05) is 0 Å². The maximum atomic E-state index is 13.1. The molecule has 2 rings (SSSR count). The van der Waals surface area contributed by atoms with Gasteiger partial charge < -0.3 is 5.73 Å². The fourth-order valence-electron chi connectivity index (χ4n) is 1.55. The number of rotatable bonds is 3. The quantitative estimate of drug-likeness (QED) is 0.878. The highest BCUT2D eigenvalue weighted by molar-refractivity contribution is 7.84. The van der Waals surface area contributed by atoms with Crippen LogP contribution < -0.4 is 5.73 Å². The lowest BCUT2D eigenvalue weighted by molar-refractivity contribution is 0.626. The first kappa shape index (κ1) is 13.1. The third kappa shape index (κ3) is 2.89. The Kier molecular flexibility index (Phi) is 3.99. The Labute approximate surface area is 112 Å². The van der Waals surface area contributed by atoms with Crippen LogP contribution in [-0.4, -0.2) is 4.21 Å². The number of hydrogen-bond acceptors (Lipinski definition) is 2. The van der Waals surface area contributed by atoms with Crippen LogP contribution in [0, 0.1) is 5.82 Å². The maximum Gasteiger partial charge on any atom is 0.123 e. The van der Waals surface area contributed by atoms with Crippen LogP contribution in [0.3, 0.4) is 0 Å². The Morgan fingerprint density at radius 1 is 1.22 bits per heavy atom. The van der Waals surface area contributed by atoms with Gasteiger partial charge in [-0.1, -0.05) is 23.7 Å². The van der Waals surface area contributed by atoms with Gasteiger partial charge in [-0.2, -0.15) is 0 Å². The van der Waals surface area contributed by atoms with Crippen molar-refractivity contribution in [1.29, 1.82) is 0 Å². The number of benzene rings is 2. The smallest absolute Gasteiger partial charge is 0.123 e. The minimum Gasteiger partial charge on any atom is -0.398 e. The Hall–Kier alpha value is -1.39. The molecule has 5 heteroatoms. The number of anilines is 1. The number of hydrogen-bond donors (Lipinski definition) is 1. The van der Waals surface area contributed by atoms with Crippen molar-refractivity contribution in [2.24, 2.45) is 0 Å². The molecule has 2 aromatic rings. The van der Waals surface area contributed by atoms with Crippen molar-refractivity contribution in [3.05, 3.63) is 58.9 Å². The fraction of sp³-hybridized carbons (Fsp3) is 0.0769. The third-order valence-corrected chi connectivity index (χ3v) is 4.33. The first-order valence-electron chi connectivity index (χ1n) is 5.25.